The Hall–Kier alpha value is -0.810. The lowest BCUT2D eigenvalue weighted by molar-refractivity contribution is 0.0374. The maximum atomic E-state index is 5.81. The summed E-state index contributed by atoms with van der Waals surface area (Å²) < 4.78 is 10.9. The number of nitrogens with one attached hydrogen (secondary N) is 1. The van der Waals surface area contributed by atoms with Gasteiger partial charge in [-0.05, 0) is 43.8 Å². The van der Waals surface area contributed by atoms with Crippen molar-refractivity contribution in [2.75, 3.05) is 52.5 Å². The van der Waals surface area contributed by atoms with Crippen LogP contribution in [-0.4, -0.2) is 57.4 Å². The van der Waals surface area contributed by atoms with Crippen LogP contribution in [-0.2, 0) is 4.74 Å². The van der Waals surface area contributed by atoms with E-state index in [4.69, 9.17) is 21.1 Å². The van der Waals surface area contributed by atoms with Gasteiger partial charge in [0.05, 0.1) is 13.2 Å². The number of halogens is 1. The highest BCUT2D eigenvalue weighted by Crippen LogP contribution is 2.15. The molecule has 1 fully saturated rings. The molecule has 0 radical (unpaired) electrons. The summed E-state index contributed by atoms with van der Waals surface area (Å²) in [4.78, 5) is 2.45. The molecule has 1 aliphatic rings. The standard InChI is InChI=1S/C15H23ClN2O2/c16-14-2-4-15(5-3-14)20-11-7-17-6-1-8-18-9-12-19-13-10-18/h2-5,17H,1,6-13H2. The third-order valence-corrected chi connectivity index (χ3v) is 3.54. The molecule has 0 atom stereocenters. The van der Waals surface area contributed by atoms with Crippen molar-refractivity contribution in [1.82, 2.24) is 10.2 Å². The second-order valence-electron chi connectivity index (χ2n) is 4.86. The molecule has 1 aromatic rings. The summed E-state index contributed by atoms with van der Waals surface area (Å²) in [5.74, 6) is 0.865. The number of nitrogens with zero attached hydrogens (tertiary/aromatic N) is 1. The summed E-state index contributed by atoms with van der Waals surface area (Å²) in [6.07, 6.45) is 1.17. The number of morpholine rings is 1. The molecule has 20 heavy (non-hydrogen) atoms. The zero-order chi connectivity index (χ0) is 14.0. The Labute approximate surface area is 126 Å². The Morgan fingerprint density at radius 2 is 1.90 bits per heavy atom. The maximum Gasteiger partial charge on any atom is 0.119 e. The second-order valence-corrected chi connectivity index (χ2v) is 5.30. The summed E-state index contributed by atoms with van der Waals surface area (Å²) in [5.41, 5.74) is 0. The number of ether oxygens (including phenoxy) is 2. The van der Waals surface area contributed by atoms with Crippen molar-refractivity contribution >= 4 is 11.6 Å². The fourth-order valence-corrected chi connectivity index (χ4v) is 2.28. The van der Waals surface area contributed by atoms with Crippen molar-refractivity contribution in [3.05, 3.63) is 29.3 Å². The summed E-state index contributed by atoms with van der Waals surface area (Å²) in [6, 6.07) is 7.46. The number of benzene rings is 1. The van der Waals surface area contributed by atoms with E-state index in [0.29, 0.717) is 6.61 Å². The van der Waals surface area contributed by atoms with Crippen molar-refractivity contribution in [3.8, 4) is 5.75 Å². The smallest absolute Gasteiger partial charge is 0.119 e. The zero-order valence-corrected chi connectivity index (χ0v) is 12.6. The fraction of sp³-hybridized carbons (Fsp3) is 0.600. The second kappa shape index (κ2) is 9.19. The Morgan fingerprint density at radius 3 is 2.65 bits per heavy atom. The van der Waals surface area contributed by atoms with E-state index in [-0.39, 0.29) is 0 Å². The molecule has 0 spiro atoms. The largest absolute Gasteiger partial charge is 0.492 e. The van der Waals surface area contributed by atoms with Crippen LogP contribution in [0.3, 0.4) is 0 Å². The molecule has 1 aliphatic heterocycles. The summed E-state index contributed by atoms with van der Waals surface area (Å²) in [7, 11) is 0. The van der Waals surface area contributed by atoms with Gasteiger partial charge in [0.1, 0.15) is 12.4 Å². The van der Waals surface area contributed by atoms with Gasteiger partial charge in [-0.15, -0.1) is 0 Å². The van der Waals surface area contributed by atoms with Crippen LogP contribution in [0, 0.1) is 0 Å². The fourth-order valence-electron chi connectivity index (χ4n) is 2.15. The van der Waals surface area contributed by atoms with E-state index in [9.17, 15) is 0 Å². The van der Waals surface area contributed by atoms with Gasteiger partial charge in [0, 0.05) is 24.7 Å². The highest BCUT2D eigenvalue weighted by Gasteiger charge is 2.08. The number of hydrogen-bond acceptors (Lipinski definition) is 4. The van der Waals surface area contributed by atoms with Crippen molar-refractivity contribution < 1.29 is 9.47 Å². The molecule has 0 unspecified atom stereocenters. The van der Waals surface area contributed by atoms with E-state index in [1.807, 2.05) is 24.3 Å². The number of rotatable bonds is 8. The average molecular weight is 299 g/mol. The third-order valence-electron chi connectivity index (χ3n) is 3.29. The van der Waals surface area contributed by atoms with Gasteiger partial charge >= 0.3 is 0 Å². The average Bonchev–Trinajstić information content (AvgIpc) is 2.49. The van der Waals surface area contributed by atoms with Gasteiger partial charge in [-0.25, -0.2) is 0 Å². The number of hydrogen-bond donors (Lipinski definition) is 1. The minimum Gasteiger partial charge on any atom is -0.492 e. The van der Waals surface area contributed by atoms with Crippen LogP contribution in [0.25, 0.3) is 0 Å². The molecule has 1 aromatic carbocycles. The van der Waals surface area contributed by atoms with Crippen molar-refractivity contribution in [2.24, 2.45) is 0 Å². The molecule has 0 bridgehead atoms. The Morgan fingerprint density at radius 1 is 1.15 bits per heavy atom. The van der Waals surface area contributed by atoms with Crippen LogP contribution in [0.4, 0.5) is 0 Å². The topological polar surface area (TPSA) is 33.7 Å². The molecule has 0 aromatic heterocycles. The molecule has 1 saturated heterocycles. The minimum atomic E-state index is 0.680. The maximum absolute atomic E-state index is 5.81. The molecule has 2 rings (SSSR count). The van der Waals surface area contributed by atoms with Gasteiger partial charge in [-0.3, -0.25) is 4.90 Å². The van der Waals surface area contributed by atoms with Gasteiger partial charge in [-0.2, -0.15) is 0 Å². The van der Waals surface area contributed by atoms with E-state index in [2.05, 4.69) is 10.2 Å². The van der Waals surface area contributed by atoms with Gasteiger partial charge in [0.25, 0.3) is 0 Å². The molecule has 1 N–H and O–H groups in total. The predicted octanol–water partition coefficient (Wildman–Crippen LogP) is 2.03. The summed E-state index contributed by atoms with van der Waals surface area (Å²) in [5, 5.41) is 4.13. The van der Waals surface area contributed by atoms with Crippen LogP contribution in [0.5, 0.6) is 5.75 Å². The Balaban J connectivity index is 1.44. The first-order valence-corrected chi connectivity index (χ1v) is 7.61. The van der Waals surface area contributed by atoms with Crippen LogP contribution < -0.4 is 10.1 Å². The lowest BCUT2D eigenvalue weighted by Gasteiger charge is -2.26. The van der Waals surface area contributed by atoms with Crippen molar-refractivity contribution in [1.29, 1.82) is 0 Å². The molecule has 4 nitrogen and oxygen atoms in total. The Kier molecular flexibility index (Phi) is 7.15. The molecule has 5 heteroatoms. The highest BCUT2D eigenvalue weighted by molar-refractivity contribution is 6.30. The summed E-state index contributed by atoms with van der Waals surface area (Å²) >= 11 is 5.81. The third kappa shape index (κ3) is 6.09. The van der Waals surface area contributed by atoms with E-state index in [0.717, 1.165) is 56.7 Å². The molecular formula is C15H23ClN2O2. The van der Waals surface area contributed by atoms with Crippen molar-refractivity contribution in [2.45, 2.75) is 6.42 Å². The van der Waals surface area contributed by atoms with Crippen LogP contribution in [0.15, 0.2) is 24.3 Å². The van der Waals surface area contributed by atoms with Crippen LogP contribution >= 0.6 is 11.6 Å². The quantitative estimate of drug-likeness (QED) is 0.745. The summed E-state index contributed by atoms with van der Waals surface area (Å²) in [6.45, 7) is 7.62. The van der Waals surface area contributed by atoms with Gasteiger partial charge < -0.3 is 14.8 Å². The van der Waals surface area contributed by atoms with Gasteiger partial charge in [0.2, 0.25) is 0 Å². The first-order valence-electron chi connectivity index (χ1n) is 7.24. The van der Waals surface area contributed by atoms with E-state index in [1.54, 1.807) is 0 Å². The Bertz CT molecular complexity index is 367. The van der Waals surface area contributed by atoms with Gasteiger partial charge in [-0.1, -0.05) is 11.6 Å². The first kappa shape index (κ1) is 15.6. The first-order chi connectivity index (χ1) is 9.84. The lowest BCUT2D eigenvalue weighted by Crippen LogP contribution is -2.37. The molecule has 0 amide bonds. The molecule has 1 heterocycles. The monoisotopic (exact) mass is 298 g/mol. The molecule has 112 valence electrons. The lowest BCUT2D eigenvalue weighted by atomic mass is 10.3. The van der Waals surface area contributed by atoms with E-state index >= 15 is 0 Å². The normalized spacial score (nSPS) is 16.2. The molecular weight excluding hydrogens is 276 g/mol. The SMILES string of the molecule is Clc1ccc(OCCNCCCN2CCOCC2)cc1. The van der Waals surface area contributed by atoms with Crippen LogP contribution in [0.1, 0.15) is 6.42 Å². The van der Waals surface area contributed by atoms with E-state index in [1.165, 1.54) is 6.42 Å². The molecule has 0 saturated carbocycles. The highest BCUT2D eigenvalue weighted by atomic mass is 35.5. The van der Waals surface area contributed by atoms with Crippen molar-refractivity contribution in [3.63, 3.8) is 0 Å². The van der Waals surface area contributed by atoms with E-state index < -0.39 is 0 Å². The zero-order valence-electron chi connectivity index (χ0n) is 11.8. The minimum absolute atomic E-state index is 0.680. The van der Waals surface area contributed by atoms with Gasteiger partial charge in [0.15, 0.2) is 0 Å². The van der Waals surface area contributed by atoms with Crippen LogP contribution in [0.2, 0.25) is 5.02 Å². The predicted molar refractivity (Wildman–Crippen MR) is 81.7 cm³/mol. The molecule has 0 aliphatic carbocycles.